The van der Waals surface area contributed by atoms with Gasteiger partial charge in [-0.05, 0) is 56.7 Å². The topological polar surface area (TPSA) is 75.9 Å². The van der Waals surface area contributed by atoms with Crippen LogP contribution in [-0.2, 0) is 6.18 Å². The molecule has 147 valence electrons. The number of alkyl halides is 3. The Balaban J connectivity index is 2.00. The summed E-state index contributed by atoms with van der Waals surface area (Å²) in [5.74, 6) is 1.09. The molecule has 3 aromatic rings. The number of nitrogen functional groups attached to an aromatic ring is 1. The highest BCUT2D eigenvalue weighted by Gasteiger charge is 2.31. The zero-order valence-corrected chi connectivity index (χ0v) is 15.8. The first kappa shape index (κ1) is 19.7. The van der Waals surface area contributed by atoms with Gasteiger partial charge in [0.15, 0.2) is 0 Å². The van der Waals surface area contributed by atoms with Crippen molar-refractivity contribution in [3.63, 3.8) is 0 Å². The number of aromatic nitrogens is 2. The molecule has 3 rings (SSSR count). The maximum absolute atomic E-state index is 13.1. The van der Waals surface area contributed by atoms with Gasteiger partial charge in [-0.2, -0.15) is 13.2 Å². The van der Waals surface area contributed by atoms with E-state index < -0.39 is 17.8 Å². The van der Waals surface area contributed by atoms with E-state index in [-0.39, 0.29) is 5.69 Å². The molecule has 1 atom stereocenters. The number of halogens is 3. The Kier molecular flexibility index (Phi) is 5.31. The van der Waals surface area contributed by atoms with Gasteiger partial charge in [0.05, 0.1) is 17.1 Å². The van der Waals surface area contributed by atoms with E-state index in [0.717, 1.165) is 29.8 Å². The van der Waals surface area contributed by atoms with Gasteiger partial charge in [-0.25, -0.2) is 9.97 Å². The zero-order valence-electron chi connectivity index (χ0n) is 15.8. The van der Waals surface area contributed by atoms with Gasteiger partial charge in [0.25, 0.3) is 0 Å². The van der Waals surface area contributed by atoms with Crippen molar-refractivity contribution in [2.45, 2.75) is 33.0 Å². The second-order valence-corrected chi connectivity index (χ2v) is 6.55. The van der Waals surface area contributed by atoms with Crippen molar-refractivity contribution in [1.29, 1.82) is 0 Å². The van der Waals surface area contributed by atoms with Crippen LogP contribution in [0.25, 0.3) is 10.9 Å². The molecule has 0 bridgehead atoms. The van der Waals surface area contributed by atoms with E-state index >= 15 is 0 Å². The molecular weight excluding hydrogens is 367 g/mol. The number of rotatable bonds is 5. The summed E-state index contributed by atoms with van der Waals surface area (Å²) >= 11 is 0. The second kappa shape index (κ2) is 7.53. The average molecular weight is 388 g/mol. The highest BCUT2D eigenvalue weighted by Crippen LogP contribution is 2.34. The minimum atomic E-state index is -4.46. The van der Waals surface area contributed by atoms with Crippen LogP contribution in [0.2, 0.25) is 0 Å². The van der Waals surface area contributed by atoms with Crippen LogP contribution >= 0.6 is 0 Å². The largest absolute Gasteiger partial charge is 0.416 e. The summed E-state index contributed by atoms with van der Waals surface area (Å²) in [5.41, 5.74) is 6.89. The van der Waals surface area contributed by atoms with Crippen molar-refractivity contribution in [3.8, 4) is 0 Å². The Morgan fingerprint density at radius 1 is 1.18 bits per heavy atom. The maximum atomic E-state index is 13.1. The summed E-state index contributed by atoms with van der Waals surface area (Å²) in [4.78, 5) is 8.84. The molecule has 0 saturated heterocycles. The maximum Gasteiger partial charge on any atom is 0.416 e. The average Bonchev–Trinajstić information content (AvgIpc) is 2.61. The summed E-state index contributed by atoms with van der Waals surface area (Å²) in [5, 5.41) is 7.14. The SMILES string of the molecule is CCNc1[c]cc2nc(C)nc(N[C@H](C)c3cc(N)cc(C(F)(F)F)c3)c2c1. The third-order valence-electron chi connectivity index (χ3n) is 4.27. The van der Waals surface area contributed by atoms with Crippen LogP contribution in [0.15, 0.2) is 30.3 Å². The van der Waals surface area contributed by atoms with E-state index in [1.165, 1.54) is 6.07 Å². The first-order chi connectivity index (χ1) is 13.2. The van der Waals surface area contributed by atoms with E-state index in [9.17, 15) is 13.2 Å². The molecule has 0 unspecified atom stereocenters. The lowest BCUT2D eigenvalue weighted by Gasteiger charge is -2.19. The summed E-state index contributed by atoms with van der Waals surface area (Å²) in [6, 6.07) is 9.85. The van der Waals surface area contributed by atoms with Crippen molar-refractivity contribution in [2.75, 3.05) is 22.9 Å². The fourth-order valence-corrected chi connectivity index (χ4v) is 2.97. The van der Waals surface area contributed by atoms with Crippen LogP contribution in [0, 0.1) is 13.0 Å². The highest BCUT2D eigenvalue weighted by atomic mass is 19.4. The van der Waals surface area contributed by atoms with Crippen molar-refractivity contribution < 1.29 is 13.2 Å². The summed E-state index contributed by atoms with van der Waals surface area (Å²) < 4.78 is 39.3. The fourth-order valence-electron chi connectivity index (χ4n) is 2.97. The van der Waals surface area contributed by atoms with Crippen LogP contribution in [0.4, 0.5) is 30.4 Å². The molecule has 28 heavy (non-hydrogen) atoms. The minimum Gasteiger partial charge on any atom is -0.399 e. The van der Waals surface area contributed by atoms with Crippen LogP contribution in [-0.4, -0.2) is 16.5 Å². The summed E-state index contributed by atoms with van der Waals surface area (Å²) in [6.07, 6.45) is -4.46. The number of anilines is 3. The molecular formula is C20H21F3N5. The number of benzene rings is 2. The predicted octanol–water partition coefficient (Wildman–Crippen LogP) is 4.94. The van der Waals surface area contributed by atoms with E-state index in [1.54, 1.807) is 19.9 Å². The van der Waals surface area contributed by atoms with Crippen LogP contribution in [0.1, 0.15) is 36.8 Å². The Morgan fingerprint density at radius 2 is 1.93 bits per heavy atom. The molecule has 0 saturated carbocycles. The Labute approximate surface area is 161 Å². The Hall–Kier alpha value is -3.03. The number of aryl methyl sites for hydroxylation is 1. The van der Waals surface area contributed by atoms with Crippen LogP contribution in [0.5, 0.6) is 0 Å². The Bertz CT molecular complexity index is 1000. The lowest BCUT2D eigenvalue weighted by molar-refractivity contribution is -0.137. The molecule has 1 radical (unpaired) electrons. The molecule has 1 aromatic heterocycles. The smallest absolute Gasteiger partial charge is 0.399 e. The van der Waals surface area contributed by atoms with Gasteiger partial charge in [0, 0.05) is 29.4 Å². The molecule has 0 aliphatic rings. The highest BCUT2D eigenvalue weighted by molar-refractivity contribution is 5.91. The molecule has 5 nitrogen and oxygen atoms in total. The number of hydrogen-bond donors (Lipinski definition) is 3. The van der Waals surface area contributed by atoms with Gasteiger partial charge >= 0.3 is 6.18 Å². The molecule has 0 amide bonds. The minimum absolute atomic E-state index is 0.0613. The quantitative estimate of drug-likeness (QED) is 0.540. The van der Waals surface area contributed by atoms with E-state index in [2.05, 4.69) is 26.7 Å². The number of nitrogens with one attached hydrogen (secondary N) is 2. The van der Waals surface area contributed by atoms with Crippen LogP contribution < -0.4 is 16.4 Å². The van der Waals surface area contributed by atoms with E-state index in [0.29, 0.717) is 22.7 Å². The van der Waals surface area contributed by atoms with Crippen molar-refractivity contribution in [3.05, 3.63) is 53.3 Å². The predicted molar refractivity (Wildman–Crippen MR) is 105 cm³/mol. The van der Waals surface area contributed by atoms with Crippen molar-refractivity contribution >= 4 is 28.1 Å². The lowest BCUT2D eigenvalue weighted by Crippen LogP contribution is -2.13. The summed E-state index contributed by atoms with van der Waals surface area (Å²) in [6.45, 7) is 6.23. The van der Waals surface area contributed by atoms with Gasteiger partial charge in [-0.3, -0.25) is 0 Å². The Morgan fingerprint density at radius 3 is 2.61 bits per heavy atom. The molecule has 1 heterocycles. The molecule has 2 aromatic carbocycles. The zero-order chi connectivity index (χ0) is 20.5. The van der Waals surface area contributed by atoms with Gasteiger partial charge in [-0.15, -0.1) is 0 Å². The standard InChI is InChI=1S/C20H21F3N5/c1-4-25-16-5-6-18-17(10-16)19(28-12(3)27-18)26-11(2)13-7-14(20(21,22)23)9-15(24)8-13/h6-11,25H,4,24H2,1-3H3,(H,26,27,28)/t11-/m1/s1. The van der Waals surface area contributed by atoms with Crippen molar-refractivity contribution in [2.24, 2.45) is 0 Å². The number of fused-ring (bicyclic) bond motifs is 1. The normalized spacial score (nSPS) is 12.8. The fraction of sp³-hybridized carbons (Fsp3) is 0.300. The van der Waals surface area contributed by atoms with E-state index in [1.807, 2.05) is 13.0 Å². The van der Waals surface area contributed by atoms with Gasteiger partial charge in [0.1, 0.15) is 11.6 Å². The second-order valence-electron chi connectivity index (χ2n) is 6.55. The molecule has 4 N–H and O–H groups in total. The monoisotopic (exact) mass is 388 g/mol. The molecule has 0 fully saturated rings. The number of nitrogens with two attached hydrogens (primary N) is 1. The first-order valence-electron chi connectivity index (χ1n) is 8.85. The first-order valence-corrected chi connectivity index (χ1v) is 8.85. The van der Waals surface area contributed by atoms with E-state index in [4.69, 9.17) is 5.73 Å². The third-order valence-corrected chi connectivity index (χ3v) is 4.27. The molecule has 8 heteroatoms. The number of nitrogens with zero attached hydrogens (tertiary/aromatic N) is 2. The molecule has 0 aliphatic heterocycles. The van der Waals surface area contributed by atoms with Gasteiger partial charge in [-0.1, -0.05) is 0 Å². The molecule has 0 aliphatic carbocycles. The lowest BCUT2D eigenvalue weighted by atomic mass is 10.0. The van der Waals surface area contributed by atoms with Crippen LogP contribution in [0.3, 0.4) is 0 Å². The van der Waals surface area contributed by atoms with Crippen molar-refractivity contribution in [1.82, 2.24) is 9.97 Å². The van der Waals surface area contributed by atoms with Gasteiger partial charge in [0.2, 0.25) is 0 Å². The number of hydrogen-bond acceptors (Lipinski definition) is 5. The summed E-state index contributed by atoms with van der Waals surface area (Å²) in [7, 11) is 0. The third kappa shape index (κ3) is 4.27. The van der Waals surface area contributed by atoms with Gasteiger partial charge < -0.3 is 16.4 Å². The molecule has 0 spiro atoms.